The summed E-state index contributed by atoms with van der Waals surface area (Å²) in [6.07, 6.45) is -7.33. The number of anilines is 1. The largest absolute Gasteiger partial charge is 0.493 e. The molecule has 4 heterocycles. The van der Waals surface area contributed by atoms with Crippen molar-refractivity contribution in [1.82, 2.24) is 20.4 Å². The minimum atomic E-state index is -5.74. The molecule has 0 saturated heterocycles. The maximum absolute atomic E-state index is 14.2. The summed E-state index contributed by atoms with van der Waals surface area (Å²) in [5.41, 5.74) is 1.05. The summed E-state index contributed by atoms with van der Waals surface area (Å²) in [4.78, 5) is 29.6. The number of amidine groups is 1. The summed E-state index contributed by atoms with van der Waals surface area (Å²) in [6, 6.07) is 3.71. The van der Waals surface area contributed by atoms with Crippen LogP contribution >= 0.6 is 11.6 Å². The second-order valence-corrected chi connectivity index (χ2v) is 9.61. The smallest absolute Gasteiger partial charge is 0.453 e. The lowest BCUT2D eigenvalue weighted by Crippen LogP contribution is -2.42. The number of rotatable bonds is 5. The molecule has 5 rings (SSSR count). The van der Waals surface area contributed by atoms with Gasteiger partial charge in [0.1, 0.15) is 28.9 Å². The van der Waals surface area contributed by atoms with Gasteiger partial charge in [-0.15, -0.1) is 0 Å². The lowest BCUT2D eigenvalue weighted by molar-refractivity contribution is -0.283. The van der Waals surface area contributed by atoms with E-state index in [-0.39, 0.29) is 45.0 Å². The Morgan fingerprint density at radius 3 is 2.59 bits per heavy atom. The number of aliphatic imine (C=N–C) groups is 2. The number of amides is 1. The van der Waals surface area contributed by atoms with Gasteiger partial charge in [-0.3, -0.25) is 9.80 Å². The Hall–Kier alpha value is -3.72. The Bertz CT molecular complexity index is 1490. The van der Waals surface area contributed by atoms with E-state index < -0.39 is 54.1 Å². The quantitative estimate of drug-likeness (QED) is 0.453. The molecule has 0 aliphatic carbocycles. The molecule has 2 aromatic rings. The fourth-order valence-corrected chi connectivity index (χ4v) is 4.55. The van der Waals surface area contributed by atoms with E-state index in [4.69, 9.17) is 11.6 Å². The summed E-state index contributed by atoms with van der Waals surface area (Å²) in [7, 11) is 0. The fraction of sp³-hybridized carbons (Fsp3) is 0.348. The maximum Gasteiger partial charge on any atom is 0.453 e. The lowest BCUT2D eigenvalue weighted by atomic mass is 9.78. The molecule has 2 unspecified atom stereocenters. The predicted octanol–water partition coefficient (Wildman–Crippen LogP) is 4.53. The number of carbonyl (C=O) groups is 1. The lowest BCUT2D eigenvalue weighted by Gasteiger charge is -2.25. The third kappa shape index (κ3) is 4.38. The highest BCUT2D eigenvalue weighted by atomic mass is 35.5. The van der Waals surface area contributed by atoms with Gasteiger partial charge in [0.2, 0.25) is 11.8 Å². The highest BCUT2D eigenvalue weighted by Gasteiger charge is 2.57. The molecular formula is C23H18ClF6N7O2. The van der Waals surface area contributed by atoms with E-state index in [1.807, 2.05) is 0 Å². The van der Waals surface area contributed by atoms with Gasteiger partial charge in [-0.2, -0.15) is 26.9 Å². The molecule has 16 heteroatoms. The van der Waals surface area contributed by atoms with Crippen molar-refractivity contribution >= 4 is 40.6 Å². The predicted molar refractivity (Wildman–Crippen MR) is 128 cm³/mol. The third-order valence-electron chi connectivity index (χ3n) is 6.53. The Labute approximate surface area is 221 Å². The summed E-state index contributed by atoms with van der Waals surface area (Å²) >= 11 is 5.75. The minimum Gasteiger partial charge on any atom is -0.493 e. The van der Waals surface area contributed by atoms with Crippen LogP contribution in [0, 0.1) is 5.82 Å². The van der Waals surface area contributed by atoms with Crippen LogP contribution < -0.4 is 10.7 Å². The maximum atomic E-state index is 14.2. The number of nitrogens with zero attached hydrogens (tertiary/aromatic N) is 5. The van der Waals surface area contributed by atoms with Gasteiger partial charge < -0.3 is 10.4 Å². The Morgan fingerprint density at radius 2 is 1.92 bits per heavy atom. The standard InChI is InChI=1S/C23H18ClF6N7O2/c1-9-31-18-13(5-6-22(26,27)23(28,29)30)32-14(8-37(18)36-9)16-33-17-15(19(38)34-16)21(2,20(39)35-17)10-3-4-11(24)12(25)7-10/h3-4,7-9,36H,5-6H2,1-2H3,(H2,33,34,35,38,39). The molecule has 1 aromatic heterocycles. The van der Waals surface area contributed by atoms with Crippen molar-refractivity contribution in [3.05, 3.63) is 52.2 Å². The van der Waals surface area contributed by atoms with Crippen molar-refractivity contribution in [3.8, 4) is 5.88 Å². The van der Waals surface area contributed by atoms with Gasteiger partial charge in [0.25, 0.3) is 0 Å². The fourth-order valence-electron chi connectivity index (χ4n) is 4.43. The Balaban J connectivity index is 1.53. The van der Waals surface area contributed by atoms with Crippen molar-refractivity contribution in [1.29, 1.82) is 0 Å². The van der Waals surface area contributed by atoms with Crippen molar-refractivity contribution in [2.24, 2.45) is 9.98 Å². The van der Waals surface area contributed by atoms with Crippen LogP contribution in [0.4, 0.5) is 32.2 Å². The molecule has 3 N–H and O–H groups in total. The number of carbonyl (C=O) groups excluding carboxylic acids is 1. The van der Waals surface area contributed by atoms with Crippen LogP contribution in [0.5, 0.6) is 5.88 Å². The van der Waals surface area contributed by atoms with Crippen LogP contribution in [0.3, 0.4) is 0 Å². The molecule has 39 heavy (non-hydrogen) atoms. The summed E-state index contributed by atoms with van der Waals surface area (Å²) in [5, 5.41) is 14.5. The first-order chi connectivity index (χ1) is 18.1. The number of halogens is 7. The molecule has 0 saturated carbocycles. The summed E-state index contributed by atoms with van der Waals surface area (Å²) in [5.74, 6) is -7.40. The van der Waals surface area contributed by atoms with Crippen molar-refractivity contribution in [2.75, 3.05) is 5.32 Å². The van der Waals surface area contributed by atoms with Crippen molar-refractivity contribution in [3.63, 3.8) is 0 Å². The van der Waals surface area contributed by atoms with Gasteiger partial charge in [-0.1, -0.05) is 17.7 Å². The zero-order chi connectivity index (χ0) is 28.5. The zero-order valence-electron chi connectivity index (χ0n) is 20.0. The molecule has 206 valence electrons. The Kier molecular flexibility index (Phi) is 6.14. The number of aromatic hydroxyl groups is 1. The number of fused-ring (bicyclic) bond motifs is 2. The molecule has 2 atom stereocenters. The van der Waals surface area contributed by atoms with E-state index in [2.05, 4.69) is 30.7 Å². The number of hydrazine groups is 1. The number of benzene rings is 1. The molecule has 3 aliphatic rings. The number of alkyl halides is 5. The SMILES string of the molecule is CC1N=C2C(CCC(F)(F)C(F)(F)F)=NC(c3nc(O)c4c(n3)NC(=O)C4(C)c3ccc(Cl)c(F)c3)=CN2N1. The van der Waals surface area contributed by atoms with Crippen LogP contribution in [-0.4, -0.2) is 55.8 Å². The number of aromatic nitrogens is 2. The third-order valence-corrected chi connectivity index (χ3v) is 6.83. The van der Waals surface area contributed by atoms with Gasteiger partial charge in [-0.25, -0.2) is 24.8 Å². The molecule has 0 fully saturated rings. The molecule has 9 nitrogen and oxygen atoms in total. The molecular weight excluding hydrogens is 556 g/mol. The van der Waals surface area contributed by atoms with Crippen LogP contribution in [0.15, 0.2) is 34.4 Å². The normalized spacial score (nSPS) is 22.7. The first kappa shape index (κ1) is 26.9. The van der Waals surface area contributed by atoms with Crippen LogP contribution in [0.2, 0.25) is 5.02 Å². The second-order valence-electron chi connectivity index (χ2n) is 9.21. The van der Waals surface area contributed by atoms with Crippen LogP contribution in [0.1, 0.15) is 43.6 Å². The van der Waals surface area contributed by atoms with Crippen molar-refractivity contribution in [2.45, 2.75) is 50.4 Å². The molecule has 0 radical (unpaired) electrons. The molecule has 1 amide bonds. The number of hydrogen-bond donors (Lipinski definition) is 3. The number of nitrogens with one attached hydrogen (secondary N) is 2. The highest BCUT2D eigenvalue weighted by Crippen LogP contribution is 2.46. The van der Waals surface area contributed by atoms with E-state index in [9.17, 15) is 36.2 Å². The first-order valence-electron chi connectivity index (χ1n) is 11.4. The zero-order valence-corrected chi connectivity index (χ0v) is 20.8. The summed E-state index contributed by atoms with van der Waals surface area (Å²) < 4.78 is 79.6. The van der Waals surface area contributed by atoms with Crippen LogP contribution in [0.25, 0.3) is 5.70 Å². The van der Waals surface area contributed by atoms with Gasteiger partial charge in [0.15, 0.2) is 11.7 Å². The molecule has 0 spiro atoms. The minimum absolute atomic E-state index is 0.0419. The highest BCUT2D eigenvalue weighted by molar-refractivity contribution is 6.43. The molecule has 0 bridgehead atoms. The van der Waals surface area contributed by atoms with Crippen LogP contribution in [-0.2, 0) is 10.2 Å². The van der Waals surface area contributed by atoms with Gasteiger partial charge in [0, 0.05) is 6.42 Å². The Morgan fingerprint density at radius 1 is 1.21 bits per heavy atom. The van der Waals surface area contributed by atoms with E-state index in [1.165, 1.54) is 30.3 Å². The number of hydrogen-bond acceptors (Lipinski definition) is 8. The van der Waals surface area contributed by atoms with Gasteiger partial charge >= 0.3 is 12.1 Å². The first-order valence-corrected chi connectivity index (χ1v) is 11.8. The van der Waals surface area contributed by atoms with E-state index in [0.717, 1.165) is 6.07 Å². The van der Waals surface area contributed by atoms with Gasteiger partial charge in [0.05, 0.1) is 22.5 Å². The average Bonchev–Trinajstić information content (AvgIpc) is 3.34. The summed E-state index contributed by atoms with van der Waals surface area (Å²) in [6.45, 7) is 3.04. The van der Waals surface area contributed by atoms with E-state index >= 15 is 0 Å². The second kappa shape index (κ2) is 8.91. The molecule has 3 aliphatic heterocycles. The monoisotopic (exact) mass is 573 g/mol. The topological polar surface area (TPSA) is 115 Å². The molecule has 1 aromatic carbocycles. The van der Waals surface area contributed by atoms with E-state index in [0.29, 0.717) is 0 Å². The van der Waals surface area contributed by atoms with E-state index in [1.54, 1.807) is 6.92 Å². The van der Waals surface area contributed by atoms with Crippen molar-refractivity contribution < 1.29 is 36.2 Å². The average molecular weight is 574 g/mol. The van der Waals surface area contributed by atoms with Gasteiger partial charge in [-0.05, 0) is 38.0 Å².